The highest BCUT2D eigenvalue weighted by molar-refractivity contribution is 5.97. The van der Waals surface area contributed by atoms with E-state index in [-0.39, 0.29) is 5.56 Å². The molecular weight excluding hydrogens is 242 g/mol. The van der Waals surface area contributed by atoms with E-state index in [2.05, 4.69) is 10.3 Å². The first kappa shape index (κ1) is 13.4. The fourth-order valence-corrected chi connectivity index (χ4v) is 1.23. The molecule has 1 aromatic heterocycles. The number of amides is 2. The van der Waals surface area contributed by atoms with Crippen molar-refractivity contribution in [1.82, 2.24) is 10.3 Å². The Morgan fingerprint density at radius 3 is 2.61 bits per heavy atom. The molecule has 1 heterocycles. The molecule has 8 nitrogen and oxygen atoms in total. The lowest BCUT2D eigenvalue weighted by atomic mass is 10.1. The molecule has 5 N–H and O–H groups in total. The second kappa shape index (κ2) is 5.62. The first-order valence-corrected chi connectivity index (χ1v) is 4.91. The zero-order valence-electron chi connectivity index (χ0n) is 9.17. The lowest BCUT2D eigenvalue weighted by Crippen LogP contribution is -2.43. The Balaban J connectivity index is 2.81. The maximum absolute atomic E-state index is 11.6. The van der Waals surface area contributed by atoms with E-state index in [0.29, 0.717) is 0 Å². The fourth-order valence-electron chi connectivity index (χ4n) is 1.23. The van der Waals surface area contributed by atoms with Crippen LogP contribution in [0.15, 0.2) is 23.1 Å². The van der Waals surface area contributed by atoms with Crippen LogP contribution in [0.2, 0.25) is 0 Å². The number of carbonyl (C=O) groups is 3. The first-order valence-electron chi connectivity index (χ1n) is 4.91. The summed E-state index contributed by atoms with van der Waals surface area (Å²) in [7, 11) is 0. The summed E-state index contributed by atoms with van der Waals surface area (Å²) in [5.74, 6) is -3.00. The molecule has 1 atom stereocenters. The summed E-state index contributed by atoms with van der Waals surface area (Å²) in [4.78, 5) is 46.3. The number of nitrogens with two attached hydrogens (primary N) is 1. The highest BCUT2D eigenvalue weighted by atomic mass is 16.4. The van der Waals surface area contributed by atoms with Crippen LogP contribution in [0, 0.1) is 0 Å². The topological polar surface area (TPSA) is 142 Å². The minimum absolute atomic E-state index is 0.00512. The second-order valence-corrected chi connectivity index (χ2v) is 3.48. The Hall–Kier alpha value is -2.64. The molecule has 0 saturated heterocycles. The summed E-state index contributed by atoms with van der Waals surface area (Å²) in [5.41, 5.74) is 4.36. The summed E-state index contributed by atoms with van der Waals surface area (Å²) in [6, 6.07) is 0.896. The number of aromatic nitrogens is 1. The zero-order chi connectivity index (χ0) is 13.7. The van der Waals surface area contributed by atoms with Crippen LogP contribution in [0.25, 0.3) is 0 Å². The van der Waals surface area contributed by atoms with Crippen molar-refractivity contribution in [3.8, 4) is 0 Å². The van der Waals surface area contributed by atoms with Gasteiger partial charge in [-0.05, 0) is 6.07 Å². The fraction of sp³-hybridized carbons (Fsp3) is 0.200. The first-order chi connectivity index (χ1) is 8.40. The van der Waals surface area contributed by atoms with Gasteiger partial charge < -0.3 is 21.1 Å². The molecule has 0 spiro atoms. The largest absolute Gasteiger partial charge is 0.480 e. The zero-order valence-corrected chi connectivity index (χ0v) is 9.17. The molecule has 0 fully saturated rings. The molecule has 0 radical (unpaired) electrons. The summed E-state index contributed by atoms with van der Waals surface area (Å²) in [6.45, 7) is 0. The van der Waals surface area contributed by atoms with Crippen molar-refractivity contribution in [2.45, 2.75) is 12.5 Å². The van der Waals surface area contributed by atoms with Crippen molar-refractivity contribution in [1.29, 1.82) is 0 Å². The highest BCUT2D eigenvalue weighted by Crippen LogP contribution is 1.97. The van der Waals surface area contributed by atoms with Crippen molar-refractivity contribution in [3.63, 3.8) is 0 Å². The number of carboxylic acid groups (broad SMARTS) is 1. The molecule has 2 amide bonds. The van der Waals surface area contributed by atoms with E-state index >= 15 is 0 Å². The standard InChI is InChI=1S/C10H11N3O5/c11-7(14)4-6(10(17)18)13-9(16)5-1-2-12-8(15)3-5/h1-3,6H,4H2,(H2,11,14)(H,12,15)(H,13,16)(H,17,18)/t6-/m1/s1. The number of nitrogens with one attached hydrogen (secondary N) is 2. The molecule has 18 heavy (non-hydrogen) atoms. The van der Waals surface area contributed by atoms with Gasteiger partial charge in [0.25, 0.3) is 5.91 Å². The summed E-state index contributed by atoms with van der Waals surface area (Å²) >= 11 is 0. The normalized spacial score (nSPS) is 11.6. The maximum Gasteiger partial charge on any atom is 0.326 e. The van der Waals surface area contributed by atoms with Gasteiger partial charge in [0.2, 0.25) is 11.5 Å². The van der Waals surface area contributed by atoms with Crippen molar-refractivity contribution < 1.29 is 19.5 Å². The Labute approximate surface area is 101 Å². The average molecular weight is 253 g/mol. The van der Waals surface area contributed by atoms with Gasteiger partial charge in [0.1, 0.15) is 6.04 Å². The SMILES string of the molecule is NC(=O)C[C@@H](NC(=O)c1cc[nH]c(=O)c1)C(=O)O. The third-order valence-electron chi connectivity index (χ3n) is 2.05. The number of pyridine rings is 1. The maximum atomic E-state index is 11.6. The number of primary amides is 1. The van der Waals surface area contributed by atoms with E-state index in [1.807, 2.05) is 0 Å². The van der Waals surface area contributed by atoms with Crippen LogP contribution >= 0.6 is 0 Å². The molecule has 0 aliphatic carbocycles. The number of hydrogen-bond acceptors (Lipinski definition) is 4. The van der Waals surface area contributed by atoms with Gasteiger partial charge >= 0.3 is 5.97 Å². The number of H-pyrrole nitrogens is 1. The molecule has 1 aromatic rings. The molecule has 8 heteroatoms. The number of carbonyl (C=O) groups excluding carboxylic acids is 2. The van der Waals surface area contributed by atoms with Crippen LogP contribution in [0.5, 0.6) is 0 Å². The lowest BCUT2D eigenvalue weighted by Gasteiger charge is -2.12. The van der Waals surface area contributed by atoms with Gasteiger partial charge in [-0.1, -0.05) is 0 Å². The molecule has 0 aliphatic rings. The van der Waals surface area contributed by atoms with E-state index in [1.165, 1.54) is 12.3 Å². The third kappa shape index (κ3) is 3.74. The molecule has 1 rings (SSSR count). The van der Waals surface area contributed by atoms with Crippen molar-refractivity contribution >= 4 is 17.8 Å². The van der Waals surface area contributed by atoms with E-state index in [0.717, 1.165) is 6.07 Å². The Morgan fingerprint density at radius 1 is 1.44 bits per heavy atom. The molecule has 0 aliphatic heterocycles. The van der Waals surface area contributed by atoms with Crippen LogP contribution in [-0.2, 0) is 9.59 Å². The molecule has 0 unspecified atom stereocenters. The quantitative estimate of drug-likeness (QED) is 0.501. The molecule has 96 valence electrons. The minimum Gasteiger partial charge on any atom is -0.480 e. The average Bonchev–Trinajstić information content (AvgIpc) is 2.27. The van der Waals surface area contributed by atoms with Gasteiger partial charge in [-0.15, -0.1) is 0 Å². The molecular formula is C10H11N3O5. The number of carboxylic acids is 1. The number of aliphatic carboxylic acids is 1. The smallest absolute Gasteiger partial charge is 0.326 e. The van der Waals surface area contributed by atoms with E-state index < -0.39 is 35.8 Å². The van der Waals surface area contributed by atoms with Crippen molar-refractivity contribution in [2.75, 3.05) is 0 Å². The summed E-state index contributed by atoms with van der Waals surface area (Å²) in [5, 5.41) is 10.9. The number of hydrogen-bond donors (Lipinski definition) is 4. The van der Waals surface area contributed by atoms with Gasteiger partial charge in [0, 0.05) is 17.8 Å². The van der Waals surface area contributed by atoms with Gasteiger partial charge in [-0.25, -0.2) is 4.79 Å². The monoisotopic (exact) mass is 253 g/mol. The minimum atomic E-state index is -1.42. The van der Waals surface area contributed by atoms with Crippen molar-refractivity contribution in [3.05, 3.63) is 34.2 Å². The van der Waals surface area contributed by atoms with Gasteiger partial charge in [-0.3, -0.25) is 14.4 Å². The lowest BCUT2D eigenvalue weighted by molar-refractivity contribution is -0.140. The third-order valence-corrected chi connectivity index (χ3v) is 2.05. The predicted molar refractivity (Wildman–Crippen MR) is 59.8 cm³/mol. The van der Waals surface area contributed by atoms with Gasteiger partial charge in [0.15, 0.2) is 0 Å². The molecule has 0 bridgehead atoms. The Morgan fingerprint density at radius 2 is 2.11 bits per heavy atom. The van der Waals surface area contributed by atoms with E-state index in [1.54, 1.807) is 0 Å². The number of aromatic amines is 1. The number of rotatable bonds is 5. The van der Waals surface area contributed by atoms with Crippen LogP contribution < -0.4 is 16.6 Å². The van der Waals surface area contributed by atoms with Crippen LogP contribution in [-0.4, -0.2) is 33.9 Å². The van der Waals surface area contributed by atoms with Crippen molar-refractivity contribution in [2.24, 2.45) is 5.73 Å². The predicted octanol–water partition coefficient (Wildman–Crippen LogP) is -1.57. The van der Waals surface area contributed by atoms with Crippen LogP contribution in [0.4, 0.5) is 0 Å². The van der Waals surface area contributed by atoms with Crippen LogP contribution in [0.1, 0.15) is 16.8 Å². The second-order valence-electron chi connectivity index (χ2n) is 3.48. The molecule has 0 saturated carbocycles. The Kier molecular flexibility index (Phi) is 4.19. The van der Waals surface area contributed by atoms with Crippen LogP contribution in [0.3, 0.4) is 0 Å². The van der Waals surface area contributed by atoms with E-state index in [9.17, 15) is 19.2 Å². The summed E-state index contributed by atoms with van der Waals surface area (Å²) in [6.07, 6.45) is 0.728. The van der Waals surface area contributed by atoms with Gasteiger partial charge in [0.05, 0.1) is 6.42 Å². The molecule has 0 aromatic carbocycles. The van der Waals surface area contributed by atoms with E-state index in [4.69, 9.17) is 10.8 Å². The van der Waals surface area contributed by atoms with Gasteiger partial charge in [-0.2, -0.15) is 0 Å². The highest BCUT2D eigenvalue weighted by Gasteiger charge is 2.22. The Bertz CT molecular complexity index is 536. The summed E-state index contributed by atoms with van der Waals surface area (Å²) < 4.78 is 0.